The van der Waals surface area contributed by atoms with Gasteiger partial charge in [-0.25, -0.2) is 0 Å². The van der Waals surface area contributed by atoms with E-state index in [0.29, 0.717) is 18.8 Å². The first-order chi connectivity index (χ1) is 15.9. The molecule has 0 N–H and O–H groups in total. The molecule has 8 heteroatoms. The average molecular weight is 453 g/mol. The lowest BCUT2D eigenvalue weighted by Crippen LogP contribution is -2.49. The Hall–Kier alpha value is -2.94. The van der Waals surface area contributed by atoms with Crippen LogP contribution in [0.3, 0.4) is 0 Å². The number of likely N-dealkylation sites (N-methyl/N-ethyl adjacent to an activating group) is 1. The maximum absolute atomic E-state index is 11.0. The monoisotopic (exact) mass is 452 g/mol. The highest BCUT2D eigenvalue weighted by Gasteiger charge is 2.55. The molecule has 0 radical (unpaired) electrons. The number of fused-ring (bicyclic) bond motifs is 1. The van der Waals surface area contributed by atoms with Gasteiger partial charge in [-0.05, 0) is 61.5 Å². The molecule has 2 aromatic carbocycles. The average Bonchev–Trinajstić information content (AvgIpc) is 3.41. The molecule has 2 heterocycles. The SMILES string of the molecule is COc1ccc([C@@]23C=CC4(C[C@@H]2N(C)CC3)OCC(c2ccc([N+](=O)[O-])cc2)O4)cc1OC. The molecule has 2 unspecified atom stereocenters. The second-order valence-corrected chi connectivity index (χ2v) is 8.97. The lowest BCUT2D eigenvalue weighted by atomic mass is 9.68. The van der Waals surface area contributed by atoms with Crippen molar-refractivity contribution in [1.29, 1.82) is 0 Å². The van der Waals surface area contributed by atoms with Crippen LogP contribution in [0.2, 0.25) is 0 Å². The summed E-state index contributed by atoms with van der Waals surface area (Å²) in [6, 6.07) is 12.8. The summed E-state index contributed by atoms with van der Waals surface area (Å²) in [6.07, 6.45) is 5.71. The van der Waals surface area contributed by atoms with Gasteiger partial charge in [0.15, 0.2) is 17.3 Å². The number of methoxy groups -OCH3 is 2. The van der Waals surface area contributed by atoms with Crippen molar-refractivity contribution in [3.63, 3.8) is 0 Å². The molecule has 2 aromatic rings. The van der Waals surface area contributed by atoms with Crippen molar-refractivity contribution in [2.45, 2.75) is 36.2 Å². The van der Waals surface area contributed by atoms with Crippen molar-refractivity contribution in [3.05, 3.63) is 75.9 Å². The number of likely N-dealkylation sites (tertiary alicyclic amines) is 1. The summed E-state index contributed by atoms with van der Waals surface area (Å²) in [6.45, 7) is 1.37. The molecule has 2 fully saturated rings. The number of hydrogen-bond donors (Lipinski definition) is 0. The smallest absolute Gasteiger partial charge is 0.269 e. The number of rotatable bonds is 5. The van der Waals surface area contributed by atoms with Gasteiger partial charge >= 0.3 is 0 Å². The molecule has 1 spiro atoms. The second-order valence-electron chi connectivity index (χ2n) is 8.97. The standard InChI is InChI=1S/C25H28N2O6/c1-26-13-12-24(18-6-9-20(30-2)21(14-18)31-3)10-11-25(15-23(24)26)32-16-22(33-25)17-4-7-19(8-5-17)27(28)29/h4-11,14,22-23H,12-13,15-16H2,1-3H3/t22?,23-,24-,25?/m0/s1. The van der Waals surface area contributed by atoms with Crippen LogP contribution in [0.5, 0.6) is 11.5 Å². The molecule has 4 atom stereocenters. The Morgan fingerprint density at radius 3 is 2.55 bits per heavy atom. The molecule has 2 saturated heterocycles. The fourth-order valence-electron chi connectivity index (χ4n) is 5.48. The van der Waals surface area contributed by atoms with Crippen LogP contribution in [-0.4, -0.2) is 56.1 Å². The number of hydrogen-bond acceptors (Lipinski definition) is 7. The van der Waals surface area contributed by atoms with Crippen LogP contribution in [0.15, 0.2) is 54.6 Å². The fraction of sp³-hybridized carbons (Fsp3) is 0.440. The van der Waals surface area contributed by atoms with E-state index in [0.717, 1.165) is 24.3 Å². The van der Waals surface area contributed by atoms with Crippen LogP contribution in [0.4, 0.5) is 5.69 Å². The van der Waals surface area contributed by atoms with Gasteiger partial charge in [-0.15, -0.1) is 0 Å². The minimum absolute atomic E-state index is 0.0669. The number of benzene rings is 2. The third-order valence-corrected chi connectivity index (χ3v) is 7.33. The summed E-state index contributed by atoms with van der Waals surface area (Å²) in [7, 11) is 5.44. The normalized spacial score (nSPS) is 31.0. The van der Waals surface area contributed by atoms with Gasteiger partial charge in [0.2, 0.25) is 0 Å². The largest absolute Gasteiger partial charge is 0.493 e. The summed E-state index contributed by atoms with van der Waals surface area (Å²) in [5, 5.41) is 11.0. The molecule has 3 aliphatic rings. The summed E-state index contributed by atoms with van der Waals surface area (Å²) >= 11 is 0. The third-order valence-electron chi connectivity index (χ3n) is 7.33. The first kappa shape index (κ1) is 21.9. The first-order valence-corrected chi connectivity index (χ1v) is 11.1. The van der Waals surface area contributed by atoms with Crippen molar-refractivity contribution in [1.82, 2.24) is 4.90 Å². The molecule has 2 aliphatic heterocycles. The Kier molecular flexibility index (Phi) is 5.39. The molecule has 1 aliphatic carbocycles. The van der Waals surface area contributed by atoms with Crippen LogP contribution in [0.1, 0.15) is 30.1 Å². The van der Waals surface area contributed by atoms with Gasteiger partial charge in [-0.1, -0.05) is 12.1 Å². The van der Waals surface area contributed by atoms with E-state index in [1.54, 1.807) is 26.4 Å². The Balaban J connectivity index is 1.43. The van der Waals surface area contributed by atoms with Gasteiger partial charge in [-0.3, -0.25) is 10.1 Å². The minimum atomic E-state index is -0.810. The molecule has 0 bridgehead atoms. The van der Waals surface area contributed by atoms with Crippen LogP contribution >= 0.6 is 0 Å². The lowest BCUT2D eigenvalue weighted by molar-refractivity contribution is -0.384. The van der Waals surface area contributed by atoms with Crippen molar-refractivity contribution in [2.75, 3.05) is 34.4 Å². The lowest BCUT2D eigenvalue weighted by Gasteiger charge is -2.43. The van der Waals surface area contributed by atoms with Crippen molar-refractivity contribution in [3.8, 4) is 11.5 Å². The van der Waals surface area contributed by atoms with E-state index in [1.165, 1.54) is 17.7 Å². The molecular formula is C25H28N2O6. The Labute approximate surface area is 192 Å². The molecule has 0 amide bonds. The Morgan fingerprint density at radius 1 is 1.09 bits per heavy atom. The summed E-state index contributed by atoms with van der Waals surface area (Å²) in [5.41, 5.74) is 1.96. The first-order valence-electron chi connectivity index (χ1n) is 11.1. The van der Waals surface area contributed by atoms with Gasteiger partial charge in [-0.2, -0.15) is 0 Å². The van der Waals surface area contributed by atoms with E-state index in [2.05, 4.69) is 36.2 Å². The molecule has 0 saturated carbocycles. The van der Waals surface area contributed by atoms with Crippen molar-refractivity contribution >= 4 is 5.69 Å². The maximum atomic E-state index is 11.0. The molecule has 33 heavy (non-hydrogen) atoms. The van der Waals surface area contributed by atoms with E-state index in [1.807, 2.05) is 6.07 Å². The number of nitro benzene ring substituents is 1. The molecule has 174 valence electrons. The Morgan fingerprint density at radius 2 is 1.85 bits per heavy atom. The highest BCUT2D eigenvalue weighted by atomic mass is 16.7. The van der Waals surface area contributed by atoms with Gasteiger partial charge in [0.1, 0.15) is 6.10 Å². The van der Waals surface area contributed by atoms with E-state index >= 15 is 0 Å². The second kappa shape index (κ2) is 8.13. The topological polar surface area (TPSA) is 83.3 Å². The van der Waals surface area contributed by atoms with E-state index in [-0.39, 0.29) is 23.2 Å². The van der Waals surface area contributed by atoms with Crippen LogP contribution in [0.25, 0.3) is 0 Å². The Bertz CT molecular complexity index is 1090. The number of nitro groups is 1. The highest BCUT2D eigenvalue weighted by molar-refractivity contribution is 5.49. The zero-order valence-electron chi connectivity index (χ0n) is 19.0. The zero-order chi connectivity index (χ0) is 23.2. The van der Waals surface area contributed by atoms with E-state index < -0.39 is 10.7 Å². The molecule has 0 aromatic heterocycles. The molecule has 8 nitrogen and oxygen atoms in total. The number of nitrogens with zero attached hydrogens (tertiary/aromatic N) is 2. The zero-order valence-corrected chi connectivity index (χ0v) is 19.0. The van der Waals surface area contributed by atoms with E-state index in [4.69, 9.17) is 18.9 Å². The van der Waals surface area contributed by atoms with Gasteiger partial charge in [0, 0.05) is 30.0 Å². The van der Waals surface area contributed by atoms with Crippen molar-refractivity contribution in [2.24, 2.45) is 0 Å². The van der Waals surface area contributed by atoms with Gasteiger partial charge in [0.25, 0.3) is 5.69 Å². The number of ether oxygens (including phenoxy) is 4. The van der Waals surface area contributed by atoms with Crippen LogP contribution in [0, 0.1) is 10.1 Å². The highest BCUT2D eigenvalue weighted by Crippen LogP contribution is 2.52. The van der Waals surface area contributed by atoms with Gasteiger partial charge < -0.3 is 23.8 Å². The summed E-state index contributed by atoms with van der Waals surface area (Å²) in [4.78, 5) is 12.9. The molecular weight excluding hydrogens is 424 g/mol. The third kappa shape index (κ3) is 3.58. The summed E-state index contributed by atoms with van der Waals surface area (Å²) < 4.78 is 23.7. The fourth-order valence-corrected chi connectivity index (χ4v) is 5.48. The van der Waals surface area contributed by atoms with Crippen molar-refractivity contribution < 1.29 is 23.9 Å². The van der Waals surface area contributed by atoms with Crippen LogP contribution in [-0.2, 0) is 14.9 Å². The predicted octanol–water partition coefficient (Wildman–Crippen LogP) is 4.00. The van der Waals surface area contributed by atoms with E-state index in [9.17, 15) is 10.1 Å². The quantitative estimate of drug-likeness (QED) is 0.385. The maximum Gasteiger partial charge on any atom is 0.269 e. The molecule has 5 rings (SSSR count). The van der Waals surface area contributed by atoms with Gasteiger partial charge in [0.05, 0.1) is 25.7 Å². The summed E-state index contributed by atoms with van der Waals surface area (Å²) in [5.74, 6) is 0.624. The number of non-ortho nitro benzene ring substituents is 1. The van der Waals surface area contributed by atoms with Crippen LogP contribution < -0.4 is 9.47 Å². The minimum Gasteiger partial charge on any atom is -0.493 e. The predicted molar refractivity (Wildman–Crippen MR) is 122 cm³/mol.